The molecule has 0 aromatic heterocycles. The van der Waals surface area contributed by atoms with Crippen LogP contribution < -0.4 is 20.7 Å². The quantitative estimate of drug-likeness (QED) is 0.252. The maximum Gasteiger partial charge on any atom is 0.128 e. The van der Waals surface area contributed by atoms with Crippen LogP contribution in [0.3, 0.4) is 0 Å². The fourth-order valence-corrected chi connectivity index (χ4v) is 6.58. The summed E-state index contributed by atoms with van der Waals surface area (Å²) >= 11 is 0. The summed E-state index contributed by atoms with van der Waals surface area (Å²) in [5.41, 5.74) is 7.52. The number of rotatable bonds is 4. The lowest BCUT2D eigenvalue weighted by molar-refractivity contribution is 0.218. The molecule has 0 bridgehead atoms. The molecule has 5 unspecified atom stereocenters. The maximum atomic E-state index is 6.35. The van der Waals surface area contributed by atoms with E-state index >= 15 is 0 Å². The van der Waals surface area contributed by atoms with Gasteiger partial charge in [-0.3, -0.25) is 16.0 Å². The van der Waals surface area contributed by atoms with E-state index in [0.717, 1.165) is 18.6 Å². The molecule has 0 spiro atoms. The van der Waals surface area contributed by atoms with Crippen molar-refractivity contribution in [1.29, 1.82) is 0 Å². The molecule has 0 radical (unpaired) electrons. The Morgan fingerprint density at radius 1 is 0.634 bits per heavy atom. The minimum absolute atomic E-state index is 0.00803. The molecule has 202 valence electrons. The van der Waals surface area contributed by atoms with Crippen LogP contribution in [-0.4, -0.2) is 12.3 Å². The molecule has 2 aliphatic carbocycles. The topological polar surface area (TPSA) is 45.3 Å². The standard InChI is InChI=1S/C37H33N3O/c1-2-9-26(10-3-1)35-38-36(27-17-14-25(15-18-27)29-19-16-24-8-4-5-11-28(24)22-29)40-37(39-35)30-20-21-32-31-12-6-7-13-33(31)41-34(32)23-30/h1-2,4-9,11-23,31,33,35-40H,3,10H2. The fourth-order valence-electron chi connectivity index (χ4n) is 6.58. The molecular formula is C37H33N3O. The molecule has 2 aliphatic heterocycles. The Morgan fingerprint density at radius 2 is 1.39 bits per heavy atom. The van der Waals surface area contributed by atoms with Crippen LogP contribution in [0.4, 0.5) is 0 Å². The first kappa shape index (κ1) is 24.6. The third-order valence-electron chi connectivity index (χ3n) is 8.82. The Kier molecular flexibility index (Phi) is 6.18. The molecule has 0 saturated carbocycles. The molecular weight excluding hydrogens is 502 g/mol. The van der Waals surface area contributed by atoms with E-state index in [1.54, 1.807) is 0 Å². The molecule has 3 N–H and O–H groups in total. The van der Waals surface area contributed by atoms with Gasteiger partial charge in [0.15, 0.2) is 0 Å². The van der Waals surface area contributed by atoms with E-state index < -0.39 is 0 Å². The van der Waals surface area contributed by atoms with Crippen LogP contribution in [0.25, 0.3) is 21.9 Å². The van der Waals surface area contributed by atoms with E-state index in [9.17, 15) is 0 Å². The van der Waals surface area contributed by atoms with E-state index in [4.69, 9.17) is 4.74 Å². The number of nitrogens with one attached hydrogen (secondary N) is 3. The summed E-state index contributed by atoms with van der Waals surface area (Å²) in [6.45, 7) is 0. The van der Waals surface area contributed by atoms with E-state index in [-0.39, 0.29) is 24.6 Å². The molecule has 2 heterocycles. The van der Waals surface area contributed by atoms with Crippen molar-refractivity contribution < 1.29 is 4.74 Å². The molecule has 1 saturated heterocycles. The zero-order valence-electron chi connectivity index (χ0n) is 22.8. The molecule has 4 aromatic carbocycles. The summed E-state index contributed by atoms with van der Waals surface area (Å²) in [7, 11) is 0. The van der Waals surface area contributed by atoms with Gasteiger partial charge in [-0.25, -0.2) is 0 Å². The lowest BCUT2D eigenvalue weighted by Crippen LogP contribution is -2.59. The van der Waals surface area contributed by atoms with Gasteiger partial charge in [0.1, 0.15) is 11.9 Å². The van der Waals surface area contributed by atoms with Gasteiger partial charge >= 0.3 is 0 Å². The average Bonchev–Trinajstić information content (AvgIpc) is 3.43. The van der Waals surface area contributed by atoms with Crippen molar-refractivity contribution in [1.82, 2.24) is 16.0 Å². The predicted octanol–water partition coefficient (Wildman–Crippen LogP) is 7.56. The van der Waals surface area contributed by atoms with Crippen LogP contribution in [0.1, 0.15) is 47.8 Å². The van der Waals surface area contributed by atoms with Gasteiger partial charge in [0, 0.05) is 11.5 Å². The molecule has 5 atom stereocenters. The Balaban J connectivity index is 1.09. The Bertz CT molecular complexity index is 1730. The minimum atomic E-state index is -0.0270. The van der Waals surface area contributed by atoms with Crippen LogP contribution in [0.2, 0.25) is 0 Å². The first-order valence-electron chi connectivity index (χ1n) is 14.7. The molecule has 4 aromatic rings. The summed E-state index contributed by atoms with van der Waals surface area (Å²) in [5, 5.41) is 14.1. The van der Waals surface area contributed by atoms with Crippen molar-refractivity contribution in [2.24, 2.45) is 0 Å². The average molecular weight is 536 g/mol. The third kappa shape index (κ3) is 4.64. The number of benzene rings is 4. The van der Waals surface area contributed by atoms with E-state index in [1.165, 1.54) is 44.2 Å². The van der Waals surface area contributed by atoms with Gasteiger partial charge in [-0.15, -0.1) is 0 Å². The number of ether oxygens (including phenoxy) is 1. The molecule has 41 heavy (non-hydrogen) atoms. The van der Waals surface area contributed by atoms with Crippen molar-refractivity contribution >= 4 is 10.8 Å². The minimum Gasteiger partial charge on any atom is -0.485 e. The highest BCUT2D eigenvalue weighted by Crippen LogP contribution is 2.42. The molecule has 4 aliphatic rings. The van der Waals surface area contributed by atoms with Gasteiger partial charge < -0.3 is 4.74 Å². The second-order valence-corrected chi connectivity index (χ2v) is 11.4. The number of fused-ring (bicyclic) bond motifs is 4. The van der Waals surface area contributed by atoms with Gasteiger partial charge in [-0.1, -0.05) is 109 Å². The summed E-state index contributed by atoms with van der Waals surface area (Å²) < 4.78 is 6.35. The molecule has 0 amide bonds. The van der Waals surface area contributed by atoms with Crippen LogP contribution in [-0.2, 0) is 0 Å². The zero-order chi connectivity index (χ0) is 27.2. The normalized spacial score (nSPS) is 26.3. The summed E-state index contributed by atoms with van der Waals surface area (Å²) in [6, 6.07) is 30.9. The van der Waals surface area contributed by atoms with Crippen LogP contribution in [0, 0.1) is 0 Å². The fraction of sp³-hybridized carbons (Fsp3) is 0.189. The van der Waals surface area contributed by atoms with Crippen molar-refractivity contribution in [3.8, 4) is 16.9 Å². The number of allylic oxidation sites excluding steroid dienone is 5. The first-order chi connectivity index (χ1) is 20.3. The molecule has 4 nitrogen and oxygen atoms in total. The zero-order valence-corrected chi connectivity index (χ0v) is 22.8. The smallest absolute Gasteiger partial charge is 0.128 e. The monoisotopic (exact) mass is 535 g/mol. The van der Waals surface area contributed by atoms with Gasteiger partial charge in [0.2, 0.25) is 0 Å². The third-order valence-corrected chi connectivity index (χ3v) is 8.82. The summed E-state index contributed by atoms with van der Waals surface area (Å²) in [4.78, 5) is 0. The Morgan fingerprint density at radius 3 is 2.24 bits per heavy atom. The highest BCUT2D eigenvalue weighted by Gasteiger charge is 2.35. The lowest BCUT2D eigenvalue weighted by Gasteiger charge is -2.40. The lowest BCUT2D eigenvalue weighted by atomic mass is 9.91. The van der Waals surface area contributed by atoms with E-state index in [2.05, 4.69) is 143 Å². The van der Waals surface area contributed by atoms with Crippen molar-refractivity contribution in [3.05, 3.63) is 150 Å². The number of hydrogen-bond acceptors (Lipinski definition) is 4. The second kappa shape index (κ2) is 10.3. The van der Waals surface area contributed by atoms with Crippen LogP contribution in [0.5, 0.6) is 5.75 Å². The van der Waals surface area contributed by atoms with E-state index in [1.807, 2.05) is 0 Å². The van der Waals surface area contributed by atoms with Gasteiger partial charge in [-0.2, -0.15) is 0 Å². The SMILES string of the molecule is C1=CCCC(C2NC(c3ccc(-c4ccc5ccccc5c4)cc3)NC(c3ccc4c(c3)OC3C=CC=CC43)N2)=C1. The van der Waals surface area contributed by atoms with Crippen molar-refractivity contribution in [3.63, 3.8) is 0 Å². The maximum absolute atomic E-state index is 6.35. The Labute approximate surface area is 241 Å². The summed E-state index contributed by atoms with van der Waals surface area (Å²) in [5.74, 6) is 1.29. The van der Waals surface area contributed by atoms with E-state index in [0.29, 0.717) is 5.92 Å². The molecule has 8 rings (SSSR count). The largest absolute Gasteiger partial charge is 0.485 e. The van der Waals surface area contributed by atoms with Crippen LogP contribution >= 0.6 is 0 Å². The number of hydrogen-bond donors (Lipinski definition) is 3. The highest BCUT2D eigenvalue weighted by molar-refractivity contribution is 5.87. The first-order valence-corrected chi connectivity index (χ1v) is 14.7. The van der Waals surface area contributed by atoms with Crippen molar-refractivity contribution in [2.45, 2.75) is 43.4 Å². The highest BCUT2D eigenvalue weighted by atomic mass is 16.5. The van der Waals surface area contributed by atoms with Crippen LogP contribution in [0.15, 0.2) is 133 Å². The molecule has 1 fully saturated rings. The molecule has 4 heteroatoms. The predicted molar refractivity (Wildman–Crippen MR) is 166 cm³/mol. The van der Waals surface area contributed by atoms with Crippen molar-refractivity contribution in [2.75, 3.05) is 0 Å². The Hall–Kier alpha value is -4.22. The van der Waals surface area contributed by atoms with Gasteiger partial charge in [0.05, 0.1) is 18.5 Å². The van der Waals surface area contributed by atoms with Gasteiger partial charge in [-0.05, 0) is 69.6 Å². The summed E-state index contributed by atoms with van der Waals surface area (Å²) in [6.07, 6.45) is 17.5. The second-order valence-electron chi connectivity index (χ2n) is 11.4. The van der Waals surface area contributed by atoms with Gasteiger partial charge in [0.25, 0.3) is 0 Å².